The van der Waals surface area contributed by atoms with Crippen molar-refractivity contribution in [1.82, 2.24) is 5.32 Å². The molecule has 1 amide bonds. The maximum Gasteiger partial charge on any atom is 0.223 e. The van der Waals surface area contributed by atoms with Gasteiger partial charge < -0.3 is 10.1 Å². The van der Waals surface area contributed by atoms with E-state index in [2.05, 4.69) is 29.6 Å². The smallest absolute Gasteiger partial charge is 0.223 e. The number of hydrogen-bond acceptors (Lipinski definition) is 2. The lowest BCUT2D eigenvalue weighted by Gasteiger charge is -2.26. The molecule has 1 aliphatic rings. The zero-order valence-corrected chi connectivity index (χ0v) is 14.4. The Hall–Kier alpha value is -2.42. The van der Waals surface area contributed by atoms with Crippen molar-refractivity contribution in [2.24, 2.45) is 11.8 Å². The van der Waals surface area contributed by atoms with Crippen LogP contribution in [0, 0.1) is 11.8 Å². The Bertz CT molecular complexity index is 636. The van der Waals surface area contributed by atoms with Crippen molar-refractivity contribution in [2.75, 3.05) is 6.54 Å². The van der Waals surface area contributed by atoms with Gasteiger partial charge in [0.25, 0.3) is 0 Å². The predicted molar refractivity (Wildman–Crippen MR) is 99.2 cm³/mol. The molecule has 1 saturated carbocycles. The fourth-order valence-corrected chi connectivity index (χ4v) is 3.66. The van der Waals surface area contributed by atoms with Crippen LogP contribution >= 0.6 is 0 Å². The van der Waals surface area contributed by atoms with E-state index in [1.807, 2.05) is 36.4 Å². The molecule has 0 heterocycles. The second-order valence-corrected chi connectivity index (χ2v) is 6.87. The van der Waals surface area contributed by atoms with Gasteiger partial charge in [0, 0.05) is 24.3 Å². The second-order valence-electron chi connectivity index (χ2n) is 6.87. The zero-order valence-electron chi connectivity index (χ0n) is 14.4. The van der Waals surface area contributed by atoms with Crippen molar-refractivity contribution in [3.63, 3.8) is 0 Å². The van der Waals surface area contributed by atoms with Gasteiger partial charge in [-0.2, -0.15) is 0 Å². The van der Waals surface area contributed by atoms with E-state index in [4.69, 9.17) is 0 Å². The molecule has 1 aliphatic carbocycles. The second kappa shape index (κ2) is 8.61. The minimum Gasteiger partial charge on any atom is -0.355 e. The van der Waals surface area contributed by atoms with Gasteiger partial charge in [0.1, 0.15) is 6.29 Å². The topological polar surface area (TPSA) is 46.2 Å². The number of nitrogens with one attached hydrogen (secondary N) is 1. The van der Waals surface area contributed by atoms with Gasteiger partial charge in [-0.3, -0.25) is 4.79 Å². The third kappa shape index (κ3) is 4.56. The lowest BCUT2D eigenvalue weighted by atomic mass is 9.82. The minimum absolute atomic E-state index is 0.0448. The minimum atomic E-state index is 0.0448. The number of carbonyl (C=O) groups excluding carboxylic acids is 2. The standard InChI is InChI=1S/C22H25NO2/c24-16-17-11-13-20(14-12-17)22(25)23-15-21(18-7-3-1-4-8-18)19-9-5-2-6-10-19/h1-10,16-17,20-21H,11-15H2,(H,23,25). The van der Waals surface area contributed by atoms with Crippen molar-refractivity contribution in [3.8, 4) is 0 Å². The highest BCUT2D eigenvalue weighted by Gasteiger charge is 2.26. The quantitative estimate of drug-likeness (QED) is 0.813. The number of rotatable bonds is 6. The Morgan fingerprint density at radius 2 is 1.44 bits per heavy atom. The Morgan fingerprint density at radius 1 is 0.920 bits per heavy atom. The van der Waals surface area contributed by atoms with Gasteiger partial charge in [-0.05, 0) is 36.8 Å². The molecule has 1 N–H and O–H groups in total. The highest BCUT2D eigenvalue weighted by Crippen LogP contribution is 2.28. The Kier molecular flexibility index (Phi) is 5.99. The van der Waals surface area contributed by atoms with Crippen LogP contribution in [0.5, 0.6) is 0 Å². The first-order valence-electron chi connectivity index (χ1n) is 9.11. The summed E-state index contributed by atoms with van der Waals surface area (Å²) in [5.41, 5.74) is 2.41. The van der Waals surface area contributed by atoms with Gasteiger partial charge in [0.15, 0.2) is 0 Å². The molecular weight excluding hydrogens is 310 g/mol. The van der Waals surface area contributed by atoms with Gasteiger partial charge in [-0.1, -0.05) is 60.7 Å². The molecule has 3 heteroatoms. The van der Waals surface area contributed by atoms with E-state index in [9.17, 15) is 9.59 Å². The maximum atomic E-state index is 12.6. The number of benzene rings is 2. The molecule has 0 saturated heterocycles. The summed E-state index contributed by atoms with van der Waals surface area (Å²) in [5, 5.41) is 3.16. The number of amides is 1. The zero-order chi connectivity index (χ0) is 17.5. The molecule has 0 atom stereocenters. The van der Waals surface area contributed by atoms with Gasteiger partial charge in [0.2, 0.25) is 5.91 Å². The first-order chi connectivity index (χ1) is 12.3. The Labute approximate surface area is 149 Å². The summed E-state index contributed by atoms with van der Waals surface area (Å²) in [6.45, 7) is 0.598. The molecule has 3 nitrogen and oxygen atoms in total. The molecule has 25 heavy (non-hydrogen) atoms. The van der Waals surface area contributed by atoms with E-state index < -0.39 is 0 Å². The van der Waals surface area contributed by atoms with Crippen molar-refractivity contribution in [2.45, 2.75) is 31.6 Å². The van der Waals surface area contributed by atoms with Crippen molar-refractivity contribution < 1.29 is 9.59 Å². The molecule has 0 bridgehead atoms. The molecule has 1 fully saturated rings. The maximum absolute atomic E-state index is 12.6. The molecular formula is C22H25NO2. The first kappa shape index (κ1) is 17.4. The normalized spacial score (nSPS) is 20.2. The van der Waals surface area contributed by atoms with Crippen molar-refractivity contribution in [3.05, 3.63) is 71.8 Å². The van der Waals surface area contributed by atoms with Crippen LogP contribution in [0.15, 0.2) is 60.7 Å². The highest BCUT2D eigenvalue weighted by molar-refractivity contribution is 5.79. The van der Waals surface area contributed by atoms with Crippen LogP contribution in [-0.2, 0) is 9.59 Å². The van der Waals surface area contributed by atoms with Crippen LogP contribution < -0.4 is 5.32 Å². The third-order valence-corrected chi connectivity index (χ3v) is 5.22. The number of hydrogen-bond donors (Lipinski definition) is 1. The summed E-state index contributed by atoms with van der Waals surface area (Å²) in [6.07, 6.45) is 4.34. The largest absolute Gasteiger partial charge is 0.355 e. The van der Waals surface area contributed by atoms with Crippen LogP contribution in [0.4, 0.5) is 0 Å². The van der Waals surface area contributed by atoms with Gasteiger partial charge in [0.05, 0.1) is 0 Å². The van der Waals surface area contributed by atoms with Gasteiger partial charge in [-0.25, -0.2) is 0 Å². The lowest BCUT2D eigenvalue weighted by Crippen LogP contribution is -2.36. The van der Waals surface area contributed by atoms with Crippen LogP contribution in [0.2, 0.25) is 0 Å². The summed E-state index contributed by atoms with van der Waals surface area (Å²) in [4.78, 5) is 23.4. The summed E-state index contributed by atoms with van der Waals surface area (Å²) < 4.78 is 0. The summed E-state index contributed by atoms with van der Waals surface area (Å²) in [7, 11) is 0. The van der Waals surface area contributed by atoms with Crippen molar-refractivity contribution in [1.29, 1.82) is 0 Å². The summed E-state index contributed by atoms with van der Waals surface area (Å²) >= 11 is 0. The highest BCUT2D eigenvalue weighted by atomic mass is 16.1. The summed E-state index contributed by atoms with van der Waals surface area (Å²) in [6, 6.07) is 20.6. The fourth-order valence-electron chi connectivity index (χ4n) is 3.66. The van der Waals surface area contributed by atoms with Crippen LogP contribution in [-0.4, -0.2) is 18.7 Å². The van der Waals surface area contributed by atoms with Crippen LogP contribution in [0.1, 0.15) is 42.7 Å². The first-order valence-corrected chi connectivity index (χ1v) is 9.11. The molecule has 0 radical (unpaired) electrons. The van der Waals surface area contributed by atoms with Gasteiger partial charge in [-0.15, -0.1) is 0 Å². The molecule has 3 rings (SSSR count). The Morgan fingerprint density at radius 3 is 1.92 bits per heavy atom. The monoisotopic (exact) mass is 335 g/mol. The molecule has 0 spiro atoms. The van der Waals surface area contributed by atoms with E-state index in [1.165, 1.54) is 11.1 Å². The van der Waals surface area contributed by atoms with Crippen molar-refractivity contribution >= 4 is 12.2 Å². The van der Waals surface area contributed by atoms with E-state index in [0.717, 1.165) is 32.0 Å². The molecule has 0 aliphatic heterocycles. The lowest BCUT2D eigenvalue weighted by molar-refractivity contribution is -0.127. The SMILES string of the molecule is O=CC1CCC(C(=O)NCC(c2ccccc2)c2ccccc2)CC1. The number of carbonyl (C=O) groups is 2. The third-order valence-electron chi connectivity index (χ3n) is 5.22. The van der Waals surface area contributed by atoms with E-state index in [0.29, 0.717) is 6.54 Å². The summed E-state index contributed by atoms with van der Waals surface area (Å²) in [5.74, 6) is 0.465. The number of aldehydes is 1. The van der Waals surface area contributed by atoms with Gasteiger partial charge >= 0.3 is 0 Å². The van der Waals surface area contributed by atoms with E-state index >= 15 is 0 Å². The van der Waals surface area contributed by atoms with Crippen LogP contribution in [0.25, 0.3) is 0 Å². The molecule has 0 unspecified atom stereocenters. The Balaban J connectivity index is 1.65. The molecule has 130 valence electrons. The van der Waals surface area contributed by atoms with E-state index in [-0.39, 0.29) is 23.7 Å². The average Bonchev–Trinajstić information content (AvgIpc) is 2.70. The average molecular weight is 335 g/mol. The van der Waals surface area contributed by atoms with Crippen LogP contribution in [0.3, 0.4) is 0 Å². The molecule has 0 aromatic heterocycles. The van der Waals surface area contributed by atoms with E-state index in [1.54, 1.807) is 0 Å². The molecule has 2 aromatic carbocycles. The molecule has 2 aromatic rings. The predicted octanol–water partition coefficient (Wildman–Crippen LogP) is 3.94. The fraction of sp³-hybridized carbons (Fsp3) is 0.364.